The van der Waals surface area contributed by atoms with Crippen molar-refractivity contribution < 1.29 is 14.6 Å². The number of phenolic OH excluding ortho intramolecular Hbond substituents is 1. The lowest BCUT2D eigenvalue weighted by Crippen LogP contribution is -2.22. The van der Waals surface area contributed by atoms with Crippen molar-refractivity contribution in [3.63, 3.8) is 0 Å². The number of phenols is 1. The van der Waals surface area contributed by atoms with Gasteiger partial charge in [-0.05, 0) is 46.8 Å². The molecule has 0 aromatic heterocycles. The number of ether oxygens (including phenoxy) is 1. The Morgan fingerprint density at radius 3 is 1.50 bits per heavy atom. The summed E-state index contributed by atoms with van der Waals surface area (Å²) < 4.78 is 5.87. The summed E-state index contributed by atoms with van der Waals surface area (Å²) in [5.41, 5.74) is 2.72. The van der Waals surface area contributed by atoms with Gasteiger partial charge < -0.3 is 9.84 Å². The Morgan fingerprint density at radius 2 is 1.07 bits per heavy atom. The lowest BCUT2D eigenvalue weighted by molar-refractivity contribution is -0.149. The van der Waals surface area contributed by atoms with Crippen LogP contribution in [0.1, 0.15) is 181 Å². The van der Waals surface area contributed by atoms with Crippen LogP contribution in [0.2, 0.25) is 0 Å². The molecule has 0 saturated heterocycles. The van der Waals surface area contributed by atoms with Crippen LogP contribution in [-0.4, -0.2) is 17.7 Å². The zero-order valence-corrected chi connectivity index (χ0v) is 27.9. The summed E-state index contributed by atoms with van der Waals surface area (Å²) in [5, 5.41) is 11.2. The summed E-state index contributed by atoms with van der Waals surface area (Å²) >= 11 is 0. The quantitative estimate of drug-likeness (QED) is 0.120. The molecule has 0 heterocycles. The SMILES string of the molecule is CCCCCCCCCCOC(=O)C(CCCCCCCCCC)Cc1cc(C(C)(C)C)c(O)c(C(C)(C)C)c1. The van der Waals surface area contributed by atoms with E-state index in [0.29, 0.717) is 18.8 Å². The first-order valence-corrected chi connectivity index (χ1v) is 16.9. The van der Waals surface area contributed by atoms with Crippen LogP contribution in [0.5, 0.6) is 5.75 Å². The molecule has 0 aliphatic rings. The topological polar surface area (TPSA) is 46.5 Å². The number of esters is 1. The van der Waals surface area contributed by atoms with E-state index >= 15 is 0 Å². The number of unbranched alkanes of at least 4 members (excludes halogenated alkanes) is 14. The number of carbonyl (C=O) groups is 1. The second kappa shape index (κ2) is 19.6. The van der Waals surface area contributed by atoms with Gasteiger partial charge in [0.05, 0.1) is 12.5 Å². The van der Waals surface area contributed by atoms with Crippen LogP contribution >= 0.6 is 0 Å². The van der Waals surface area contributed by atoms with E-state index in [4.69, 9.17) is 4.74 Å². The molecule has 0 spiro atoms. The molecule has 0 saturated carbocycles. The molecule has 3 nitrogen and oxygen atoms in total. The van der Waals surface area contributed by atoms with E-state index in [9.17, 15) is 9.90 Å². The summed E-state index contributed by atoms with van der Waals surface area (Å²) in [5.74, 6) is 0.244. The van der Waals surface area contributed by atoms with E-state index in [1.54, 1.807) is 0 Å². The Balaban J connectivity index is 2.85. The maximum Gasteiger partial charge on any atom is 0.309 e. The molecule has 1 N–H and O–H groups in total. The number of carbonyl (C=O) groups excluding carboxylic acids is 1. The van der Waals surface area contributed by atoms with Crippen molar-refractivity contribution in [1.82, 2.24) is 0 Å². The molecular formula is C37H66O3. The number of rotatable bonds is 21. The van der Waals surface area contributed by atoms with Crippen LogP contribution in [0.3, 0.4) is 0 Å². The van der Waals surface area contributed by atoms with Crippen LogP contribution in [-0.2, 0) is 26.8 Å². The molecule has 0 radical (unpaired) electrons. The summed E-state index contributed by atoms with van der Waals surface area (Å²) in [6.45, 7) is 17.9. The Labute approximate surface area is 249 Å². The van der Waals surface area contributed by atoms with Crippen molar-refractivity contribution in [3.05, 3.63) is 28.8 Å². The summed E-state index contributed by atoms with van der Waals surface area (Å²) in [6, 6.07) is 4.27. The largest absolute Gasteiger partial charge is 0.507 e. The van der Waals surface area contributed by atoms with E-state index in [0.717, 1.165) is 42.4 Å². The minimum atomic E-state index is -0.176. The van der Waals surface area contributed by atoms with E-state index in [1.807, 2.05) is 0 Å². The van der Waals surface area contributed by atoms with Gasteiger partial charge in [0, 0.05) is 0 Å². The van der Waals surface area contributed by atoms with Crippen molar-refractivity contribution in [3.8, 4) is 5.75 Å². The van der Waals surface area contributed by atoms with Gasteiger partial charge in [-0.1, -0.05) is 164 Å². The zero-order valence-electron chi connectivity index (χ0n) is 27.9. The number of hydrogen-bond acceptors (Lipinski definition) is 3. The van der Waals surface area contributed by atoms with Gasteiger partial charge in [0.25, 0.3) is 0 Å². The molecule has 0 amide bonds. The summed E-state index contributed by atoms with van der Waals surface area (Å²) in [4.78, 5) is 13.4. The Hall–Kier alpha value is -1.51. The second-order valence-electron chi connectivity index (χ2n) is 14.3. The highest BCUT2D eigenvalue weighted by Crippen LogP contribution is 2.40. The molecule has 232 valence electrons. The molecular weight excluding hydrogens is 492 g/mol. The number of hydrogen-bond donors (Lipinski definition) is 1. The first kappa shape index (κ1) is 36.5. The summed E-state index contributed by atoms with van der Waals surface area (Å²) in [6.07, 6.45) is 21.6. The summed E-state index contributed by atoms with van der Waals surface area (Å²) in [7, 11) is 0. The van der Waals surface area contributed by atoms with Crippen molar-refractivity contribution in [2.45, 2.75) is 182 Å². The monoisotopic (exact) mass is 559 g/mol. The predicted octanol–water partition coefficient (Wildman–Crippen LogP) is 11.4. The van der Waals surface area contributed by atoms with Crippen LogP contribution in [0.25, 0.3) is 0 Å². The smallest absolute Gasteiger partial charge is 0.309 e. The predicted molar refractivity (Wildman–Crippen MR) is 173 cm³/mol. The van der Waals surface area contributed by atoms with E-state index in [1.165, 1.54) is 83.5 Å². The molecule has 0 aliphatic heterocycles. The van der Waals surface area contributed by atoms with E-state index < -0.39 is 0 Å². The number of aromatic hydroxyl groups is 1. The lowest BCUT2D eigenvalue weighted by Gasteiger charge is -2.29. The van der Waals surface area contributed by atoms with Gasteiger partial charge in [0.2, 0.25) is 0 Å². The highest BCUT2D eigenvalue weighted by atomic mass is 16.5. The zero-order chi connectivity index (χ0) is 30.0. The lowest BCUT2D eigenvalue weighted by atomic mass is 9.77. The minimum Gasteiger partial charge on any atom is -0.507 e. The fourth-order valence-electron chi connectivity index (χ4n) is 5.59. The third kappa shape index (κ3) is 14.9. The first-order valence-electron chi connectivity index (χ1n) is 16.9. The standard InChI is InChI=1S/C37H66O3/c1-9-11-13-15-17-19-21-23-25-31(35(39)40-26-24-22-20-18-16-14-12-10-2)27-30-28-32(36(3,4)5)34(38)33(29-30)37(6,7)8/h28-29,31,38H,9-27H2,1-8H3. The minimum absolute atomic E-state index is 0.0337. The van der Waals surface area contributed by atoms with Gasteiger partial charge in [0.1, 0.15) is 5.75 Å². The maximum atomic E-state index is 13.4. The van der Waals surface area contributed by atoms with Crippen molar-refractivity contribution in [2.75, 3.05) is 6.61 Å². The number of benzene rings is 1. The maximum absolute atomic E-state index is 13.4. The van der Waals surface area contributed by atoms with Gasteiger partial charge in [-0.15, -0.1) is 0 Å². The molecule has 1 aromatic rings. The average Bonchev–Trinajstić information content (AvgIpc) is 2.87. The van der Waals surface area contributed by atoms with Crippen LogP contribution in [0.4, 0.5) is 0 Å². The highest BCUT2D eigenvalue weighted by Gasteiger charge is 2.28. The Kier molecular flexibility index (Phi) is 17.9. The first-order chi connectivity index (χ1) is 18.9. The highest BCUT2D eigenvalue weighted by molar-refractivity contribution is 5.73. The fourth-order valence-corrected chi connectivity index (χ4v) is 5.59. The van der Waals surface area contributed by atoms with Crippen molar-refractivity contribution >= 4 is 5.97 Å². The third-order valence-corrected chi connectivity index (χ3v) is 8.25. The van der Waals surface area contributed by atoms with Crippen LogP contribution in [0, 0.1) is 5.92 Å². The van der Waals surface area contributed by atoms with E-state index in [2.05, 4.69) is 67.5 Å². The molecule has 40 heavy (non-hydrogen) atoms. The molecule has 1 rings (SSSR count). The third-order valence-electron chi connectivity index (χ3n) is 8.25. The Morgan fingerprint density at radius 1 is 0.675 bits per heavy atom. The molecule has 1 unspecified atom stereocenters. The normalized spacial score (nSPS) is 13.0. The van der Waals surface area contributed by atoms with Crippen LogP contribution in [0.15, 0.2) is 12.1 Å². The fraction of sp³-hybridized carbons (Fsp3) is 0.811. The molecule has 3 heteroatoms. The second-order valence-corrected chi connectivity index (χ2v) is 14.3. The molecule has 0 aliphatic carbocycles. The van der Waals surface area contributed by atoms with E-state index in [-0.39, 0.29) is 22.7 Å². The van der Waals surface area contributed by atoms with Gasteiger partial charge in [-0.3, -0.25) is 4.79 Å². The van der Waals surface area contributed by atoms with Crippen LogP contribution < -0.4 is 0 Å². The van der Waals surface area contributed by atoms with Crippen molar-refractivity contribution in [1.29, 1.82) is 0 Å². The van der Waals surface area contributed by atoms with Gasteiger partial charge in [0.15, 0.2) is 0 Å². The van der Waals surface area contributed by atoms with Gasteiger partial charge in [-0.2, -0.15) is 0 Å². The van der Waals surface area contributed by atoms with Gasteiger partial charge in [-0.25, -0.2) is 0 Å². The Bertz CT molecular complexity index is 777. The molecule has 1 aromatic carbocycles. The molecule has 0 fully saturated rings. The molecule has 1 atom stereocenters. The van der Waals surface area contributed by atoms with Crippen molar-refractivity contribution in [2.24, 2.45) is 5.92 Å². The average molecular weight is 559 g/mol. The van der Waals surface area contributed by atoms with Gasteiger partial charge >= 0.3 is 5.97 Å². The molecule has 0 bridgehead atoms.